The number of hydrogen-bond donors (Lipinski definition) is 2. The van der Waals surface area contributed by atoms with Crippen LogP contribution in [0, 0.1) is 0 Å². The zero-order chi connectivity index (χ0) is 14.6. The van der Waals surface area contributed by atoms with Gasteiger partial charge in [-0.1, -0.05) is 0 Å². The van der Waals surface area contributed by atoms with Gasteiger partial charge in [0, 0.05) is 31.2 Å². The van der Waals surface area contributed by atoms with Crippen molar-refractivity contribution in [3.8, 4) is 0 Å². The molecule has 1 saturated heterocycles. The van der Waals surface area contributed by atoms with E-state index in [1.807, 2.05) is 0 Å². The summed E-state index contributed by atoms with van der Waals surface area (Å²) in [4.78, 5) is 25.1. The Kier molecular flexibility index (Phi) is 4.51. The average Bonchev–Trinajstić information content (AvgIpc) is 2.46. The van der Waals surface area contributed by atoms with Gasteiger partial charge in [0.2, 0.25) is 0 Å². The molecule has 0 saturated carbocycles. The van der Waals surface area contributed by atoms with Crippen LogP contribution in [0.1, 0.15) is 24.3 Å². The molecular weight excluding hydrogens is 260 g/mol. The van der Waals surface area contributed by atoms with Gasteiger partial charge in [-0.15, -0.1) is 0 Å². The Labute approximate surface area is 117 Å². The number of morpholine rings is 1. The smallest absolute Gasteiger partial charge is 0.271 e. The van der Waals surface area contributed by atoms with Crippen LogP contribution in [-0.4, -0.2) is 59.4 Å². The number of carbonyl (C=O) groups excluding carboxylic acids is 1. The first kappa shape index (κ1) is 14.7. The topological polar surface area (TPSA) is 87.3 Å². The first-order chi connectivity index (χ1) is 9.49. The summed E-state index contributed by atoms with van der Waals surface area (Å²) in [5, 5.41) is 8.81. The Balaban J connectivity index is 1.91. The molecule has 1 amide bonds. The van der Waals surface area contributed by atoms with E-state index in [0.717, 1.165) is 26.3 Å². The SMILES string of the molecule is CC(C)(CNC(=O)c1ccc(=O)[nH]n1)N1CCOCC1. The quantitative estimate of drug-likeness (QED) is 0.784. The monoisotopic (exact) mass is 280 g/mol. The van der Waals surface area contributed by atoms with Crippen molar-refractivity contribution >= 4 is 5.91 Å². The van der Waals surface area contributed by atoms with Crippen molar-refractivity contribution in [3.63, 3.8) is 0 Å². The molecule has 2 rings (SSSR count). The predicted molar refractivity (Wildman–Crippen MR) is 73.7 cm³/mol. The van der Waals surface area contributed by atoms with Gasteiger partial charge in [-0.2, -0.15) is 5.10 Å². The van der Waals surface area contributed by atoms with Crippen LogP contribution >= 0.6 is 0 Å². The normalized spacial score (nSPS) is 16.9. The molecule has 7 heteroatoms. The van der Waals surface area contributed by atoms with Crippen LogP contribution < -0.4 is 10.9 Å². The minimum absolute atomic E-state index is 0.151. The van der Waals surface area contributed by atoms with Crippen LogP contribution in [0.2, 0.25) is 0 Å². The van der Waals surface area contributed by atoms with Crippen molar-refractivity contribution in [3.05, 3.63) is 28.2 Å². The summed E-state index contributed by atoms with van der Waals surface area (Å²) in [6, 6.07) is 2.70. The summed E-state index contributed by atoms with van der Waals surface area (Å²) < 4.78 is 5.33. The van der Waals surface area contributed by atoms with Gasteiger partial charge in [0.05, 0.1) is 13.2 Å². The molecule has 0 atom stereocenters. The Bertz CT molecular complexity index is 500. The van der Waals surface area contributed by atoms with Crippen LogP contribution in [0.5, 0.6) is 0 Å². The van der Waals surface area contributed by atoms with Crippen molar-refractivity contribution in [2.45, 2.75) is 19.4 Å². The predicted octanol–water partition coefficient (Wildman–Crippen LogP) is -0.389. The van der Waals surface area contributed by atoms with Gasteiger partial charge >= 0.3 is 0 Å². The minimum atomic E-state index is -0.324. The number of rotatable bonds is 4. The maximum atomic E-state index is 11.9. The maximum absolute atomic E-state index is 11.9. The van der Waals surface area contributed by atoms with Gasteiger partial charge in [-0.3, -0.25) is 14.5 Å². The average molecular weight is 280 g/mol. The van der Waals surface area contributed by atoms with E-state index >= 15 is 0 Å². The first-order valence-electron chi connectivity index (χ1n) is 6.66. The Morgan fingerprint density at radius 2 is 2.15 bits per heavy atom. The molecule has 2 heterocycles. The number of H-pyrrole nitrogens is 1. The van der Waals surface area contributed by atoms with Gasteiger partial charge in [0.1, 0.15) is 5.69 Å². The van der Waals surface area contributed by atoms with Gasteiger partial charge < -0.3 is 10.1 Å². The van der Waals surface area contributed by atoms with E-state index < -0.39 is 0 Å². The van der Waals surface area contributed by atoms with E-state index in [1.54, 1.807) is 0 Å². The summed E-state index contributed by atoms with van der Waals surface area (Å²) in [6.07, 6.45) is 0. The largest absolute Gasteiger partial charge is 0.379 e. The molecule has 0 radical (unpaired) electrons. The fraction of sp³-hybridized carbons (Fsp3) is 0.615. The third kappa shape index (κ3) is 3.64. The molecule has 7 nitrogen and oxygen atoms in total. The second-order valence-electron chi connectivity index (χ2n) is 5.40. The second kappa shape index (κ2) is 6.15. The molecule has 0 spiro atoms. The zero-order valence-corrected chi connectivity index (χ0v) is 11.8. The number of nitrogens with one attached hydrogen (secondary N) is 2. The van der Waals surface area contributed by atoms with Gasteiger partial charge in [-0.25, -0.2) is 5.10 Å². The van der Waals surface area contributed by atoms with E-state index in [-0.39, 0.29) is 22.7 Å². The Morgan fingerprint density at radius 1 is 1.45 bits per heavy atom. The van der Waals surface area contributed by atoms with Crippen LogP contribution in [0.4, 0.5) is 0 Å². The number of ether oxygens (including phenoxy) is 1. The van der Waals surface area contributed by atoms with Crippen molar-refractivity contribution in [2.75, 3.05) is 32.8 Å². The molecule has 0 unspecified atom stereocenters. The van der Waals surface area contributed by atoms with Gasteiger partial charge in [0.25, 0.3) is 11.5 Å². The summed E-state index contributed by atoms with van der Waals surface area (Å²) in [5.74, 6) is -0.289. The molecule has 1 fully saturated rings. The number of nitrogens with zero attached hydrogens (tertiary/aromatic N) is 2. The molecule has 1 aromatic rings. The van der Waals surface area contributed by atoms with E-state index in [9.17, 15) is 9.59 Å². The van der Waals surface area contributed by atoms with Gasteiger partial charge in [-0.05, 0) is 19.9 Å². The summed E-state index contributed by atoms with van der Waals surface area (Å²) >= 11 is 0. The highest BCUT2D eigenvalue weighted by molar-refractivity contribution is 5.92. The Hall–Kier alpha value is -1.73. The number of aromatic nitrogens is 2. The molecular formula is C13H20N4O3. The van der Waals surface area contributed by atoms with E-state index in [4.69, 9.17) is 4.74 Å². The summed E-state index contributed by atoms with van der Waals surface area (Å²) in [6.45, 7) is 7.84. The molecule has 110 valence electrons. The van der Waals surface area contributed by atoms with E-state index in [2.05, 4.69) is 34.3 Å². The van der Waals surface area contributed by atoms with Crippen LogP contribution in [0.3, 0.4) is 0 Å². The highest BCUT2D eigenvalue weighted by atomic mass is 16.5. The van der Waals surface area contributed by atoms with Crippen LogP contribution in [0.25, 0.3) is 0 Å². The molecule has 1 aliphatic heterocycles. The second-order valence-corrected chi connectivity index (χ2v) is 5.40. The van der Waals surface area contributed by atoms with E-state index in [1.165, 1.54) is 12.1 Å². The molecule has 0 aromatic carbocycles. The zero-order valence-electron chi connectivity index (χ0n) is 11.8. The molecule has 0 bridgehead atoms. The number of hydrogen-bond acceptors (Lipinski definition) is 5. The first-order valence-corrected chi connectivity index (χ1v) is 6.66. The highest BCUT2D eigenvalue weighted by Gasteiger charge is 2.28. The fourth-order valence-corrected chi connectivity index (χ4v) is 2.14. The van der Waals surface area contributed by atoms with Crippen molar-refractivity contribution < 1.29 is 9.53 Å². The third-order valence-corrected chi connectivity index (χ3v) is 3.46. The lowest BCUT2D eigenvalue weighted by Crippen LogP contribution is -2.55. The molecule has 1 aliphatic rings. The number of amides is 1. The lowest BCUT2D eigenvalue weighted by molar-refractivity contribution is -0.00924. The standard InChI is InChI=1S/C13H20N4O3/c1-13(2,17-5-7-20-8-6-17)9-14-12(19)10-3-4-11(18)16-15-10/h3-4H,5-9H2,1-2H3,(H,14,19)(H,16,18). The van der Waals surface area contributed by atoms with Gasteiger partial charge in [0.15, 0.2) is 0 Å². The van der Waals surface area contributed by atoms with E-state index in [0.29, 0.717) is 6.54 Å². The molecule has 2 N–H and O–H groups in total. The lowest BCUT2D eigenvalue weighted by Gasteiger charge is -2.40. The molecule has 20 heavy (non-hydrogen) atoms. The van der Waals surface area contributed by atoms with Crippen molar-refractivity contribution in [1.29, 1.82) is 0 Å². The molecule has 1 aromatic heterocycles. The van der Waals surface area contributed by atoms with Crippen molar-refractivity contribution in [1.82, 2.24) is 20.4 Å². The highest BCUT2D eigenvalue weighted by Crippen LogP contribution is 2.15. The Morgan fingerprint density at radius 3 is 2.75 bits per heavy atom. The minimum Gasteiger partial charge on any atom is -0.379 e. The van der Waals surface area contributed by atoms with Crippen LogP contribution in [0.15, 0.2) is 16.9 Å². The number of carbonyl (C=O) groups is 1. The summed E-state index contributed by atoms with van der Waals surface area (Å²) in [5.41, 5.74) is -0.265. The molecule has 0 aliphatic carbocycles. The number of aromatic amines is 1. The lowest BCUT2D eigenvalue weighted by atomic mass is 10.0. The summed E-state index contributed by atoms with van der Waals surface area (Å²) in [7, 11) is 0. The maximum Gasteiger partial charge on any atom is 0.271 e. The fourth-order valence-electron chi connectivity index (χ4n) is 2.14. The third-order valence-electron chi connectivity index (χ3n) is 3.46. The van der Waals surface area contributed by atoms with Crippen molar-refractivity contribution in [2.24, 2.45) is 0 Å². The van der Waals surface area contributed by atoms with Crippen LogP contribution in [-0.2, 0) is 4.74 Å².